The lowest BCUT2D eigenvalue weighted by Crippen LogP contribution is -1.72. The second kappa shape index (κ2) is 2.34. The zero-order chi connectivity index (χ0) is 8.72. The normalized spacial score (nSPS) is 10.9. The second-order valence-electron chi connectivity index (χ2n) is 2.97. The van der Waals surface area contributed by atoms with Crippen molar-refractivity contribution in [2.24, 2.45) is 0 Å². The molecule has 0 aliphatic carbocycles. The number of aryl methyl sites for hydroxylation is 2. The molecule has 1 heterocycles. The van der Waals surface area contributed by atoms with Crippen molar-refractivity contribution < 1.29 is 8.81 Å². The fourth-order valence-electron chi connectivity index (χ4n) is 1.29. The van der Waals surface area contributed by atoms with Gasteiger partial charge in [-0.25, -0.2) is 4.39 Å². The molecular formula is C10H9FO. The molecule has 2 aromatic rings. The first-order chi connectivity index (χ1) is 5.68. The smallest absolute Gasteiger partial charge is 0.172 e. The van der Waals surface area contributed by atoms with Gasteiger partial charge in [-0.3, -0.25) is 0 Å². The molecule has 0 saturated heterocycles. The first kappa shape index (κ1) is 7.35. The van der Waals surface area contributed by atoms with E-state index in [-0.39, 0.29) is 5.82 Å². The highest BCUT2D eigenvalue weighted by molar-refractivity contribution is 5.79. The third kappa shape index (κ3) is 0.916. The number of furan rings is 1. The second-order valence-corrected chi connectivity index (χ2v) is 2.97. The molecule has 1 aromatic heterocycles. The lowest BCUT2D eigenvalue weighted by Gasteiger charge is -1.89. The number of hydrogen-bond acceptors (Lipinski definition) is 1. The fourth-order valence-corrected chi connectivity index (χ4v) is 1.29. The van der Waals surface area contributed by atoms with Gasteiger partial charge in [-0.15, -0.1) is 0 Å². The number of rotatable bonds is 0. The summed E-state index contributed by atoms with van der Waals surface area (Å²) < 4.78 is 18.4. The van der Waals surface area contributed by atoms with Crippen LogP contribution in [0.1, 0.15) is 11.3 Å². The lowest BCUT2D eigenvalue weighted by molar-refractivity contribution is 0.523. The van der Waals surface area contributed by atoms with Gasteiger partial charge in [0.2, 0.25) is 0 Å². The van der Waals surface area contributed by atoms with Crippen molar-refractivity contribution in [1.29, 1.82) is 0 Å². The van der Waals surface area contributed by atoms with E-state index < -0.39 is 0 Å². The van der Waals surface area contributed by atoms with Crippen molar-refractivity contribution >= 4 is 11.0 Å². The molecule has 0 radical (unpaired) electrons. The van der Waals surface area contributed by atoms with Crippen LogP contribution >= 0.6 is 0 Å². The number of halogens is 1. The van der Waals surface area contributed by atoms with Crippen molar-refractivity contribution in [3.05, 3.63) is 35.3 Å². The quantitative estimate of drug-likeness (QED) is 0.582. The van der Waals surface area contributed by atoms with E-state index in [4.69, 9.17) is 4.42 Å². The van der Waals surface area contributed by atoms with Crippen molar-refractivity contribution in [2.45, 2.75) is 13.8 Å². The SMILES string of the molecule is Cc1ccc2c(F)c(C)oc2c1. The Labute approximate surface area is 69.8 Å². The van der Waals surface area contributed by atoms with Crippen LogP contribution < -0.4 is 0 Å². The van der Waals surface area contributed by atoms with Gasteiger partial charge >= 0.3 is 0 Å². The van der Waals surface area contributed by atoms with Gasteiger partial charge in [-0.1, -0.05) is 6.07 Å². The van der Waals surface area contributed by atoms with Crippen LogP contribution in [0, 0.1) is 19.7 Å². The van der Waals surface area contributed by atoms with E-state index in [0.29, 0.717) is 16.7 Å². The topological polar surface area (TPSA) is 13.1 Å². The maximum Gasteiger partial charge on any atom is 0.172 e. The van der Waals surface area contributed by atoms with E-state index in [2.05, 4.69) is 0 Å². The fraction of sp³-hybridized carbons (Fsp3) is 0.200. The first-order valence-corrected chi connectivity index (χ1v) is 3.84. The van der Waals surface area contributed by atoms with Gasteiger partial charge in [-0.2, -0.15) is 0 Å². The maximum atomic E-state index is 13.2. The largest absolute Gasteiger partial charge is 0.458 e. The Bertz CT molecular complexity index is 429. The molecule has 0 fully saturated rings. The van der Waals surface area contributed by atoms with Crippen LogP contribution in [0.4, 0.5) is 4.39 Å². The number of benzene rings is 1. The van der Waals surface area contributed by atoms with Gasteiger partial charge in [-0.05, 0) is 31.5 Å². The Morgan fingerprint density at radius 3 is 2.75 bits per heavy atom. The van der Waals surface area contributed by atoms with E-state index in [1.165, 1.54) is 0 Å². The molecule has 0 amide bonds. The summed E-state index contributed by atoms with van der Waals surface area (Å²) in [6.07, 6.45) is 0. The molecule has 0 N–H and O–H groups in total. The monoisotopic (exact) mass is 164 g/mol. The standard InChI is InChI=1S/C10H9FO/c1-6-3-4-8-9(5-6)12-7(2)10(8)11/h3-5H,1-2H3. The molecule has 0 atom stereocenters. The van der Waals surface area contributed by atoms with Gasteiger partial charge in [0, 0.05) is 0 Å². The van der Waals surface area contributed by atoms with Crippen LogP contribution in [0.25, 0.3) is 11.0 Å². The van der Waals surface area contributed by atoms with E-state index in [1.807, 2.05) is 19.1 Å². The summed E-state index contributed by atoms with van der Waals surface area (Å²) in [5, 5.41) is 0.568. The predicted octanol–water partition coefficient (Wildman–Crippen LogP) is 3.19. The van der Waals surface area contributed by atoms with Crippen LogP contribution in [0.5, 0.6) is 0 Å². The van der Waals surface area contributed by atoms with Crippen molar-refractivity contribution in [2.75, 3.05) is 0 Å². The highest BCUT2D eigenvalue weighted by Gasteiger charge is 2.08. The summed E-state index contributed by atoms with van der Waals surface area (Å²) in [7, 11) is 0. The van der Waals surface area contributed by atoms with Gasteiger partial charge in [0.05, 0.1) is 5.39 Å². The molecule has 0 bridgehead atoms. The van der Waals surface area contributed by atoms with Crippen LogP contribution in [0.3, 0.4) is 0 Å². The molecule has 0 aliphatic rings. The molecule has 62 valence electrons. The summed E-state index contributed by atoms with van der Waals surface area (Å²) in [6, 6.07) is 5.46. The molecule has 2 heteroatoms. The van der Waals surface area contributed by atoms with Crippen molar-refractivity contribution in [3.63, 3.8) is 0 Å². The summed E-state index contributed by atoms with van der Waals surface area (Å²) in [6.45, 7) is 3.58. The van der Waals surface area contributed by atoms with Crippen LogP contribution in [-0.4, -0.2) is 0 Å². The molecule has 0 spiro atoms. The molecule has 0 unspecified atom stereocenters. The molecule has 1 nitrogen and oxygen atoms in total. The van der Waals surface area contributed by atoms with Crippen LogP contribution in [0.15, 0.2) is 22.6 Å². The highest BCUT2D eigenvalue weighted by Crippen LogP contribution is 2.24. The predicted molar refractivity (Wildman–Crippen MR) is 45.6 cm³/mol. The third-order valence-corrected chi connectivity index (χ3v) is 1.95. The van der Waals surface area contributed by atoms with Gasteiger partial charge in [0.15, 0.2) is 5.82 Å². The minimum atomic E-state index is -0.245. The maximum absolute atomic E-state index is 13.2. The third-order valence-electron chi connectivity index (χ3n) is 1.95. The molecular weight excluding hydrogens is 155 g/mol. The van der Waals surface area contributed by atoms with Crippen LogP contribution in [-0.2, 0) is 0 Å². The Morgan fingerprint density at radius 1 is 1.25 bits per heavy atom. The minimum absolute atomic E-state index is 0.245. The van der Waals surface area contributed by atoms with E-state index in [9.17, 15) is 4.39 Å². The van der Waals surface area contributed by atoms with Gasteiger partial charge in [0.1, 0.15) is 11.3 Å². The summed E-state index contributed by atoms with van der Waals surface area (Å²) in [4.78, 5) is 0. The molecule has 1 aromatic carbocycles. The Hall–Kier alpha value is -1.31. The average Bonchev–Trinajstić information content (AvgIpc) is 2.28. The zero-order valence-corrected chi connectivity index (χ0v) is 7.02. The summed E-state index contributed by atoms with van der Waals surface area (Å²) >= 11 is 0. The lowest BCUT2D eigenvalue weighted by atomic mass is 10.2. The summed E-state index contributed by atoms with van der Waals surface area (Å²) in [5.41, 5.74) is 1.71. The van der Waals surface area contributed by atoms with Gasteiger partial charge < -0.3 is 4.42 Å². The van der Waals surface area contributed by atoms with Gasteiger partial charge in [0.25, 0.3) is 0 Å². The van der Waals surface area contributed by atoms with Crippen molar-refractivity contribution in [1.82, 2.24) is 0 Å². The average molecular weight is 164 g/mol. The Kier molecular flexibility index (Phi) is 1.43. The summed E-state index contributed by atoms with van der Waals surface area (Å²) in [5.74, 6) is 0.112. The minimum Gasteiger partial charge on any atom is -0.458 e. The van der Waals surface area contributed by atoms with E-state index in [1.54, 1.807) is 13.0 Å². The molecule has 2 rings (SSSR count). The number of fused-ring (bicyclic) bond motifs is 1. The number of hydrogen-bond donors (Lipinski definition) is 0. The van der Waals surface area contributed by atoms with E-state index >= 15 is 0 Å². The first-order valence-electron chi connectivity index (χ1n) is 3.84. The van der Waals surface area contributed by atoms with Crippen molar-refractivity contribution in [3.8, 4) is 0 Å². The molecule has 12 heavy (non-hydrogen) atoms. The Morgan fingerprint density at radius 2 is 2.00 bits per heavy atom. The Balaban J connectivity index is 2.87. The van der Waals surface area contributed by atoms with Crippen LogP contribution in [0.2, 0.25) is 0 Å². The molecule has 0 aliphatic heterocycles. The van der Waals surface area contributed by atoms with E-state index in [0.717, 1.165) is 5.56 Å². The zero-order valence-electron chi connectivity index (χ0n) is 7.02. The highest BCUT2D eigenvalue weighted by atomic mass is 19.1. The molecule has 0 saturated carbocycles.